The molecule has 1 aromatic heterocycles. The van der Waals surface area contributed by atoms with Gasteiger partial charge >= 0.3 is 0 Å². The maximum Gasteiger partial charge on any atom is 0.198 e. The molecule has 6 heteroatoms. The first-order valence-electron chi connectivity index (χ1n) is 7.21. The zero-order valence-electron chi connectivity index (χ0n) is 12.5. The van der Waals surface area contributed by atoms with E-state index in [9.17, 15) is 0 Å². The summed E-state index contributed by atoms with van der Waals surface area (Å²) in [5.74, 6) is 0. The van der Waals surface area contributed by atoms with E-state index in [2.05, 4.69) is 52.3 Å². The monoisotopic (exact) mass is 303 g/mol. The highest BCUT2D eigenvalue weighted by atomic mass is 32.1. The minimum atomic E-state index is 0.383. The third kappa shape index (κ3) is 3.07. The SMILES string of the molecule is CN1CCN(Cn2ncn(C)c2=S)[C@H](c2ccccc2)C1. The normalized spacial score (nSPS) is 20.8. The molecule has 1 aromatic carbocycles. The highest BCUT2D eigenvalue weighted by Crippen LogP contribution is 2.25. The third-order valence-electron chi connectivity index (χ3n) is 4.08. The molecule has 0 spiro atoms. The summed E-state index contributed by atoms with van der Waals surface area (Å²) in [6.07, 6.45) is 1.77. The molecule has 2 aromatic rings. The first-order valence-corrected chi connectivity index (χ1v) is 7.62. The first-order chi connectivity index (χ1) is 10.1. The number of likely N-dealkylation sites (N-methyl/N-ethyl adjacent to an activating group) is 1. The van der Waals surface area contributed by atoms with Crippen LogP contribution in [0.15, 0.2) is 36.7 Å². The summed E-state index contributed by atoms with van der Waals surface area (Å²) < 4.78 is 4.54. The topological polar surface area (TPSA) is 29.2 Å². The van der Waals surface area contributed by atoms with Crippen LogP contribution in [0.2, 0.25) is 0 Å². The molecule has 1 fully saturated rings. The molecule has 0 unspecified atom stereocenters. The van der Waals surface area contributed by atoms with Crippen LogP contribution >= 0.6 is 12.2 Å². The molecule has 3 rings (SSSR count). The standard InChI is InChI=1S/C15H21N5S/c1-17-8-9-19(12-20-15(21)18(2)11-16-20)14(10-17)13-6-4-3-5-7-13/h3-7,11,14H,8-10,12H2,1-2H3/t14-/m0/s1. The van der Waals surface area contributed by atoms with Crippen molar-refractivity contribution < 1.29 is 0 Å². The second kappa shape index (κ2) is 6.09. The molecule has 0 radical (unpaired) electrons. The van der Waals surface area contributed by atoms with E-state index in [1.54, 1.807) is 6.33 Å². The number of rotatable bonds is 3. The van der Waals surface area contributed by atoms with Gasteiger partial charge in [-0.15, -0.1) is 0 Å². The molecule has 1 aliphatic rings. The van der Waals surface area contributed by atoms with Crippen LogP contribution in [0, 0.1) is 4.77 Å². The molecule has 0 N–H and O–H groups in total. The molecule has 2 heterocycles. The molecule has 1 atom stereocenters. The highest BCUT2D eigenvalue weighted by Gasteiger charge is 2.26. The van der Waals surface area contributed by atoms with Gasteiger partial charge in [0.25, 0.3) is 0 Å². The largest absolute Gasteiger partial charge is 0.310 e. The summed E-state index contributed by atoms with van der Waals surface area (Å²) in [6.45, 7) is 3.87. The van der Waals surface area contributed by atoms with Crippen LogP contribution in [0.3, 0.4) is 0 Å². The van der Waals surface area contributed by atoms with Gasteiger partial charge in [-0.1, -0.05) is 30.3 Å². The quantitative estimate of drug-likeness (QED) is 0.810. The summed E-state index contributed by atoms with van der Waals surface area (Å²) >= 11 is 5.40. The van der Waals surface area contributed by atoms with Crippen LogP contribution in [0.1, 0.15) is 11.6 Å². The smallest absolute Gasteiger partial charge is 0.198 e. The van der Waals surface area contributed by atoms with Crippen molar-refractivity contribution in [1.29, 1.82) is 0 Å². The van der Waals surface area contributed by atoms with Crippen molar-refractivity contribution in [2.75, 3.05) is 26.7 Å². The third-order valence-corrected chi connectivity index (χ3v) is 4.58. The number of hydrogen-bond donors (Lipinski definition) is 0. The minimum absolute atomic E-state index is 0.383. The second-order valence-electron chi connectivity index (χ2n) is 5.67. The summed E-state index contributed by atoms with van der Waals surface area (Å²) in [5, 5.41) is 4.38. The summed E-state index contributed by atoms with van der Waals surface area (Å²) in [7, 11) is 4.12. The van der Waals surface area contributed by atoms with Crippen molar-refractivity contribution in [3.63, 3.8) is 0 Å². The van der Waals surface area contributed by atoms with Crippen LogP contribution in [-0.2, 0) is 13.7 Å². The van der Waals surface area contributed by atoms with Crippen molar-refractivity contribution in [1.82, 2.24) is 24.1 Å². The minimum Gasteiger partial charge on any atom is -0.310 e. The van der Waals surface area contributed by atoms with Crippen molar-refractivity contribution >= 4 is 12.2 Å². The molecule has 1 saturated heterocycles. The van der Waals surface area contributed by atoms with Crippen LogP contribution in [0.25, 0.3) is 0 Å². The predicted octanol–water partition coefficient (Wildman–Crippen LogP) is 1.90. The second-order valence-corrected chi connectivity index (χ2v) is 6.03. The average molecular weight is 303 g/mol. The number of benzene rings is 1. The lowest BCUT2D eigenvalue weighted by atomic mass is 10.0. The fourth-order valence-corrected chi connectivity index (χ4v) is 2.96. The van der Waals surface area contributed by atoms with Gasteiger partial charge < -0.3 is 9.47 Å². The summed E-state index contributed by atoms with van der Waals surface area (Å²) in [6, 6.07) is 11.1. The van der Waals surface area contributed by atoms with E-state index in [0.717, 1.165) is 31.1 Å². The molecule has 0 bridgehead atoms. The Hall–Kier alpha value is -1.50. The van der Waals surface area contributed by atoms with Crippen molar-refractivity contribution in [2.45, 2.75) is 12.7 Å². The van der Waals surface area contributed by atoms with Gasteiger partial charge in [0.2, 0.25) is 0 Å². The number of piperazine rings is 1. The highest BCUT2D eigenvalue weighted by molar-refractivity contribution is 7.71. The number of aromatic nitrogens is 3. The van der Waals surface area contributed by atoms with E-state index >= 15 is 0 Å². The van der Waals surface area contributed by atoms with E-state index in [4.69, 9.17) is 12.2 Å². The summed E-state index contributed by atoms with van der Waals surface area (Å²) in [5.41, 5.74) is 1.35. The molecule has 0 saturated carbocycles. The van der Waals surface area contributed by atoms with Gasteiger partial charge in [0.1, 0.15) is 6.33 Å². The van der Waals surface area contributed by atoms with Gasteiger partial charge in [-0.3, -0.25) is 4.90 Å². The Morgan fingerprint density at radius 2 is 1.95 bits per heavy atom. The Morgan fingerprint density at radius 1 is 1.19 bits per heavy atom. The zero-order chi connectivity index (χ0) is 14.8. The molecular weight excluding hydrogens is 282 g/mol. The van der Waals surface area contributed by atoms with Crippen LogP contribution in [0.4, 0.5) is 0 Å². The Bertz CT molecular complexity index is 648. The van der Waals surface area contributed by atoms with E-state index in [0.29, 0.717) is 6.04 Å². The first kappa shape index (κ1) is 14.4. The van der Waals surface area contributed by atoms with E-state index in [-0.39, 0.29) is 0 Å². The maximum atomic E-state index is 5.40. The van der Waals surface area contributed by atoms with E-state index in [1.165, 1.54) is 5.56 Å². The molecule has 0 amide bonds. The van der Waals surface area contributed by atoms with E-state index in [1.807, 2.05) is 16.3 Å². The fourth-order valence-electron chi connectivity index (χ4n) is 2.81. The van der Waals surface area contributed by atoms with Gasteiger partial charge in [0, 0.05) is 32.7 Å². The lowest BCUT2D eigenvalue weighted by Gasteiger charge is -2.40. The average Bonchev–Trinajstić information content (AvgIpc) is 2.82. The number of hydrogen-bond acceptors (Lipinski definition) is 4. The van der Waals surface area contributed by atoms with E-state index < -0.39 is 0 Å². The zero-order valence-corrected chi connectivity index (χ0v) is 13.3. The van der Waals surface area contributed by atoms with Crippen LogP contribution < -0.4 is 0 Å². The number of nitrogens with zero attached hydrogens (tertiary/aromatic N) is 5. The van der Waals surface area contributed by atoms with Crippen molar-refractivity contribution in [2.24, 2.45) is 7.05 Å². The molecule has 112 valence electrons. The van der Waals surface area contributed by atoms with Crippen molar-refractivity contribution in [3.05, 3.63) is 47.0 Å². The fraction of sp³-hybridized carbons (Fsp3) is 0.467. The van der Waals surface area contributed by atoms with Gasteiger partial charge in [-0.05, 0) is 24.8 Å². The van der Waals surface area contributed by atoms with Crippen molar-refractivity contribution in [3.8, 4) is 0 Å². The number of aryl methyl sites for hydroxylation is 1. The molecule has 21 heavy (non-hydrogen) atoms. The van der Waals surface area contributed by atoms with Gasteiger partial charge in [0.05, 0.1) is 6.67 Å². The van der Waals surface area contributed by atoms with Gasteiger partial charge in [-0.2, -0.15) is 5.10 Å². The molecular formula is C15H21N5S. The Labute approximate surface area is 130 Å². The van der Waals surface area contributed by atoms with Gasteiger partial charge in [-0.25, -0.2) is 4.68 Å². The predicted molar refractivity (Wildman–Crippen MR) is 85.4 cm³/mol. The molecule has 1 aliphatic heterocycles. The lowest BCUT2D eigenvalue weighted by Crippen LogP contribution is -2.47. The lowest BCUT2D eigenvalue weighted by molar-refractivity contribution is 0.0582. The Kier molecular flexibility index (Phi) is 4.19. The molecule has 5 nitrogen and oxygen atoms in total. The van der Waals surface area contributed by atoms with Crippen LogP contribution in [-0.4, -0.2) is 50.8 Å². The Balaban J connectivity index is 1.85. The van der Waals surface area contributed by atoms with Gasteiger partial charge in [0.15, 0.2) is 4.77 Å². The maximum absolute atomic E-state index is 5.40. The Morgan fingerprint density at radius 3 is 2.62 bits per heavy atom. The summed E-state index contributed by atoms with van der Waals surface area (Å²) in [4.78, 5) is 4.84. The van der Waals surface area contributed by atoms with Crippen LogP contribution in [0.5, 0.6) is 0 Å². The molecule has 0 aliphatic carbocycles.